The van der Waals surface area contributed by atoms with Crippen molar-refractivity contribution in [2.24, 2.45) is 0 Å². The molecule has 98 valence electrons. The van der Waals surface area contributed by atoms with E-state index in [2.05, 4.69) is 21.9 Å². The zero-order valence-electron chi connectivity index (χ0n) is 10.8. The first-order valence-corrected chi connectivity index (χ1v) is 6.18. The first-order chi connectivity index (χ1) is 9.24. The summed E-state index contributed by atoms with van der Waals surface area (Å²) >= 11 is 0. The summed E-state index contributed by atoms with van der Waals surface area (Å²) < 4.78 is 6.95. The van der Waals surface area contributed by atoms with Gasteiger partial charge in [-0.25, -0.2) is 4.98 Å². The van der Waals surface area contributed by atoms with Gasteiger partial charge in [0.25, 0.3) is 5.56 Å². The monoisotopic (exact) mass is 258 g/mol. The summed E-state index contributed by atoms with van der Waals surface area (Å²) in [7, 11) is 1.57. The highest BCUT2D eigenvalue weighted by Crippen LogP contribution is 2.16. The number of ether oxygens (including phenoxy) is 1. The second-order valence-corrected chi connectivity index (χ2v) is 4.32. The number of fused-ring (bicyclic) bond motifs is 3. The number of aryl methyl sites for hydroxylation is 1. The van der Waals surface area contributed by atoms with Gasteiger partial charge in [0.15, 0.2) is 5.65 Å². The Bertz CT molecular complexity index is 803. The van der Waals surface area contributed by atoms with E-state index >= 15 is 0 Å². The van der Waals surface area contributed by atoms with E-state index in [1.165, 1.54) is 0 Å². The molecular weight excluding hydrogens is 244 g/mol. The lowest BCUT2D eigenvalue weighted by Gasteiger charge is -2.06. The zero-order valence-corrected chi connectivity index (χ0v) is 10.8. The number of nitrogens with zero attached hydrogens (tertiary/aromatic N) is 3. The van der Waals surface area contributed by atoms with E-state index in [0.29, 0.717) is 22.6 Å². The van der Waals surface area contributed by atoms with Crippen LogP contribution < -0.4 is 10.3 Å². The molecule has 0 aromatic carbocycles. The molecule has 3 rings (SSSR count). The third kappa shape index (κ3) is 1.76. The Kier molecular flexibility index (Phi) is 2.70. The molecule has 3 aromatic heterocycles. The maximum Gasteiger partial charge on any atom is 0.274 e. The van der Waals surface area contributed by atoms with Gasteiger partial charge in [0.2, 0.25) is 5.88 Å². The second-order valence-electron chi connectivity index (χ2n) is 4.32. The summed E-state index contributed by atoms with van der Waals surface area (Å²) in [5, 5.41) is 0. The Balaban J connectivity index is 2.46. The Morgan fingerprint density at radius 3 is 3.00 bits per heavy atom. The van der Waals surface area contributed by atoms with Crippen molar-refractivity contribution < 1.29 is 4.74 Å². The van der Waals surface area contributed by atoms with Gasteiger partial charge in [0.1, 0.15) is 11.3 Å². The number of aromatic nitrogens is 4. The van der Waals surface area contributed by atoms with Gasteiger partial charge in [-0.2, -0.15) is 4.98 Å². The van der Waals surface area contributed by atoms with Gasteiger partial charge >= 0.3 is 0 Å². The Hall–Kier alpha value is -2.37. The normalized spacial score (nSPS) is 11.3. The minimum Gasteiger partial charge on any atom is -0.481 e. The highest BCUT2D eigenvalue weighted by molar-refractivity contribution is 5.74. The third-order valence-corrected chi connectivity index (χ3v) is 3.06. The van der Waals surface area contributed by atoms with E-state index in [4.69, 9.17) is 4.74 Å². The number of rotatable bonds is 3. The van der Waals surface area contributed by atoms with Crippen LogP contribution in [0.2, 0.25) is 0 Å². The van der Waals surface area contributed by atoms with E-state index in [-0.39, 0.29) is 5.56 Å². The van der Waals surface area contributed by atoms with Crippen molar-refractivity contribution in [2.75, 3.05) is 7.11 Å². The van der Waals surface area contributed by atoms with Crippen LogP contribution in [-0.4, -0.2) is 26.5 Å². The molecule has 6 nitrogen and oxygen atoms in total. The molecule has 3 heterocycles. The number of pyridine rings is 1. The quantitative estimate of drug-likeness (QED) is 0.773. The predicted octanol–water partition coefficient (Wildman–Crippen LogP) is 1.53. The fourth-order valence-electron chi connectivity index (χ4n) is 2.19. The lowest BCUT2D eigenvalue weighted by Crippen LogP contribution is -2.12. The van der Waals surface area contributed by atoms with Gasteiger partial charge in [-0.1, -0.05) is 6.92 Å². The van der Waals surface area contributed by atoms with E-state index < -0.39 is 0 Å². The van der Waals surface area contributed by atoms with Crippen LogP contribution in [0.3, 0.4) is 0 Å². The minimum absolute atomic E-state index is 0.158. The SMILES string of the molecule is CCCc1ncc2c(=O)[nH]c3ccc(OC)nc3n12. The Labute approximate surface area is 109 Å². The summed E-state index contributed by atoms with van der Waals surface area (Å²) in [5.74, 6) is 1.35. The Morgan fingerprint density at radius 2 is 2.26 bits per heavy atom. The molecule has 0 aliphatic heterocycles. The zero-order chi connectivity index (χ0) is 13.4. The van der Waals surface area contributed by atoms with Crippen molar-refractivity contribution in [3.8, 4) is 5.88 Å². The summed E-state index contributed by atoms with van der Waals surface area (Å²) in [5.41, 5.74) is 1.69. The van der Waals surface area contributed by atoms with Crippen molar-refractivity contribution in [3.05, 3.63) is 34.5 Å². The fraction of sp³-hybridized carbons (Fsp3) is 0.308. The fourth-order valence-corrected chi connectivity index (χ4v) is 2.19. The van der Waals surface area contributed by atoms with Crippen LogP contribution in [0.4, 0.5) is 0 Å². The van der Waals surface area contributed by atoms with Crippen LogP contribution in [0.5, 0.6) is 5.88 Å². The van der Waals surface area contributed by atoms with Gasteiger partial charge in [-0.05, 0) is 12.5 Å². The van der Waals surface area contributed by atoms with Crippen LogP contribution in [0.25, 0.3) is 16.7 Å². The molecule has 0 saturated carbocycles. The van der Waals surface area contributed by atoms with Crippen molar-refractivity contribution in [1.29, 1.82) is 0 Å². The molecule has 19 heavy (non-hydrogen) atoms. The molecule has 0 bridgehead atoms. The van der Waals surface area contributed by atoms with Crippen molar-refractivity contribution >= 4 is 16.7 Å². The summed E-state index contributed by atoms with van der Waals surface area (Å²) in [6, 6.07) is 3.51. The van der Waals surface area contributed by atoms with Crippen LogP contribution in [0.1, 0.15) is 19.2 Å². The molecule has 0 radical (unpaired) electrons. The van der Waals surface area contributed by atoms with Gasteiger partial charge in [0.05, 0.1) is 18.8 Å². The second kappa shape index (κ2) is 4.38. The molecule has 0 atom stereocenters. The molecule has 0 aliphatic rings. The molecule has 0 unspecified atom stereocenters. The van der Waals surface area contributed by atoms with Crippen molar-refractivity contribution in [2.45, 2.75) is 19.8 Å². The number of aromatic amines is 1. The topological polar surface area (TPSA) is 72.3 Å². The number of H-pyrrole nitrogens is 1. The standard InChI is InChI=1S/C13H14N4O2/c1-3-4-10-14-7-9-13(18)15-8-5-6-11(19-2)16-12(8)17(9)10/h5-7H,3-4H2,1-2H3,(H,15,18). The summed E-state index contributed by atoms with van der Waals surface area (Å²) in [4.78, 5) is 23.5. The molecule has 0 amide bonds. The molecule has 0 saturated heterocycles. The molecule has 3 aromatic rings. The van der Waals surface area contributed by atoms with Gasteiger partial charge < -0.3 is 9.72 Å². The molecule has 0 aliphatic carbocycles. The molecule has 0 spiro atoms. The average Bonchev–Trinajstić information content (AvgIpc) is 2.84. The average molecular weight is 258 g/mol. The summed E-state index contributed by atoms with van der Waals surface area (Å²) in [6.07, 6.45) is 3.34. The van der Waals surface area contributed by atoms with E-state index in [0.717, 1.165) is 18.7 Å². The number of hydrogen-bond donors (Lipinski definition) is 1. The maximum absolute atomic E-state index is 12.0. The highest BCUT2D eigenvalue weighted by atomic mass is 16.5. The van der Waals surface area contributed by atoms with E-state index in [1.807, 2.05) is 0 Å². The van der Waals surface area contributed by atoms with E-state index in [1.54, 1.807) is 29.8 Å². The molecule has 1 N–H and O–H groups in total. The predicted molar refractivity (Wildman–Crippen MR) is 71.7 cm³/mol. The van der Waals surface area contributed by atoms with Gasteiger partial charge in [-0.15, -0.1) is 0 Å². The number of methoxy groups -OCH3 is 1. The summed E-state index contributed by atoms with van der Waals surface area (Å²) in [6.45, 7) is 2.07. The van der Waals surface area contributed by atoms with Crippen LogP contribution in [0.15, 0.2) is 23.1 Å². The first kappa shape index (κ1) is 11.7. The lowest BCUT2D eigenvalue weighted by atomic mass is 10.3. The van der Waals surface area contributed by atoms with Crippen LogP contribution >= 0.6 is 0 Å². The lowest BCUT2D eigenvalue weighted by molar-refractivity contribution is 0.399. The number of hydrogen-bond acceptors (Lipinski definition) is 4. The third-order valence-electron chi connectivity index (χ3n) is 3.06. The van der Waals surface area contributed by atoms with Crippen molar-refractivity contribution in [1.82, 2.24) is 19.4 Å². The highest BCUT2D eigenvalue weighted by Gasteiger charge is 2.12. The van der Waals surface area contributed by atoms with Gasteiger partial charge in [0, 0.05) is 12.5 Å². The molecular formula is C13H14N4O2. The minimum atomic E-state index is -0.158. The van der Waals surface area contributed by atoms with E-state index in [9.17, 15) is 4.79 Å². The Morgan fingerprint density at radius 1 is 1.42 bits per heavy atom. The van der Waals surface area contributed by atoms with Crippen molar-refractivity contribution in [3.63, 3.8) is 0 Å². The first-order valence-electron chi connectivity index (χ1n) is 6.18. The largest absolute Gasteiger partial charge is 0.481 e. The molecule has 6 heteroatoms. The smallest absolute Gasteiger partial charge is 0.274 e. The van der Waals surface area contributed by atoms with Crippen LogP contribution in [0, 0.1) is 0 Å². The molecule has 0 fully saturated rings. The van der Waals surface area contributed by atoms with Gasteiger partial charge in [-0.3, -0.25) is 9.20 Å². The van der Waals surface area contributed by atoms with Crippen LogP contribution in [-0.2, 0) is 6.42 Å². The number of imidazole rings is 1. The maximum atomic E-state index is 12.0. The number of nitrogens with one attached hydrogen (secondary N) is 1.